The van der Waals surface area contributed by atoms with E-state index < -0.39 is 17.6 Å². The summed E-state index contributed by atoms with van der Waals surface area (Å²) in [5.74, 6) is -0.813. The fourth-order valence-corrected chi connectivity index (χ4v) is 2.23. The molecule has 0 saturated carbocycles. The Morgan fingerprint density at radius 2 is 1.40 bits per heavy atom. The Balaban J connectivity index is 2.63. The summed E-state index contributed by atoms with van der Waals surface area (Å²) in [4.78, 5) is 0. The van der Waals surface area contributed by atoms with Crippen molar-refractivity contribution in [2.75, 3.05) is 0 Å². The second-order valence-corrected chi connectivity index (χ2v) is 5.14. The van der Waals surface area contributed by atoms with Gasteiger partial charge in [0.1, 0.15) is 5.82 Å². The summed E-state index contributed by atoms with van der Waals surface area (Å²) in [5, 5.41) is 0.126. The molecule has 0 aliphatic carbocycles. The first-order valence-corrected chi connectivity index (χ1v) is 6.35. The fourth-order valence-electron chi connectivity index (χ4n) is 1.63. The zero-order valence-corrected chi connectivity index (χ0v) is 11.8. The Kier molecular flexibility index (Phi) is 4.19. The SMILES string of the molecule is Fc1ccc(C(F)(F)F)cc1-c1cc(Cl)c(Cl)c(Cl)c1. The molecule has 0 spiro atoms. The molecule has 0 aliphatic heterocycles. The zero-order valence-electron chi connectivity index (χ0n) is 9.53. The van der Waals surface area contributed by atoms with Gasteiger partial charge in [0, 0.05) is 5.56 Å². The maximum atomic E-state index is 13.7. The van der Waals surface area contributed by atoms with Crippen LogP contribution in [0.2, 0.25) is 15.1 Å². The monoisotopic (exact) mass is 342 g/mol. The van der Waals surface area contributed by atoms with Crippen molar-refractivity contribution in [3.63, 3.8) is 0 Å². The van der Waals surface area contributed by atoms with Gasteiger partial charge in [-0.2, -0.15) is 13.2 Å². The largest absolute Gasteiger partial charge is 0.416 e. The lowest BCUT2D eigenvalue weighted by molar-refractivity contribution is -0.137. The highest BCUT2D eigenvalue weighted by Crippen LogP contribution is 2.38. The van der Waals surface area contributed by atoms with Gasteiger partial charge in [-0.3, -0.25) is 0 Å². The molecule has 2 rings (SSSR count). The van der Waals surface area contributed by atoms with E-state index in [1.165, 1.54) is 12.1 Å². The van der Waals surface area contributed by atoms with Crippen LogP contribution in [0.15, 0.2) is 30.3 Å². The van der Waals surface area contributed by atoms with Crippen molar-refractivity contribution in [2.45, 2.75) is 6.18 Å². The standard InChI is InChI=1S/C13H5Cl3F4/c14-9-3-6(4-10(15)12(9)16)8-5-7(13(18,19)20)1-2-11(8)17/h1-5H. The summed E-state index contributed by atoms with van der Waals surface area (Å²) in [5.41, 5.74) is -1.09. The lowest BCUT2D eigenvalue weighted by Gasteiger charge is -2.11. The van der Waals surface area contributed by atoms with Gasteiger partial charge in [0.2, 0.25) is 0 Å². The Labute approximate surface area is 126 Å². The average Bonchev–Trinajstić information content (AvgIpc) is 2.34. The molecule has 0 N–H and O–H groups in total. The Morgan fingerprint density at radius 1 is 0.850 bits per heavy atom. The molecule has 106 valence electrons. The van der Waals surface area contributed by atoms with Crippen molar-refractivity contribution >= 4 is 34.8 Å². The molecule has 7 heteroatoms. The molecule has 0 saturated heterocycles. The first-order valence-electron chi connectivity index (χ1n) is 5.22. The summed E-state index contributed by atoms with van der Waals surface area (Å²) < 4.78 is 51.6. The predicted molar refractivity (Wildman–Crippen MR) is 71.9 cm³/mol. The van der Waals surface area contributed by atoms with Crippen LogP contribution in [-0.4, -0.2) is 0 Å². The second kappa shape index (κ2) is 5.43. The van der Waals surface area contributed by atoms with Gasteiger partial charge in [0.15, 0.2) is 0 Å². The molecule has 0 unspecified atom stereocenters. The van der Waals surface area contributed by atoms with Crippen LogP contribution in [0.4, 0.5) is 17.6 Å². The molecular weight excluding hydrogens is 338 g/mol. The van der Waals surface area contributed by atoms with Gasteiger partial charge in [0.25, 0.3) is 0 Å². The van der Waals surface area contributed by atoms with Crippen LogP contribution in [0.25, 0.3) is 11.1 Å². The molecule has 2 aromatic carbocycles. The minimum Gasteiger partial charge on any atom is -0.206 e. The Hall–Kier alpha value is -0.970. The van der Waals surface area contributed by atoms with Crippen molar-refractivity contribution in [3.05, 3.63) is 56.8 Å². The number of hydrogen-bond donors (Lipinski definition) is 0. The maximum Gasteiger partial charge on any atom is 0.416 e. The topological polar surface area (TPSA) is 0 Å². The first-order chi connectivity index (χ1) is 9.20. The normalized spacial score (nSPS) is 11.8. The Morgan fingerprint density at radius 3 is 1.90 bits per heavy atom. The predicted octanol–water partition coefficient (Wildman–Crippen LogP) is 6.47. The molecule has 20 heavy (non-hydrogen) atoms. The number of benzene rings is 2. The van der Waals surface area contributed by atoms with Gasteiger partial charge >= 0.3 is 6.18 Å². The molecule has 0 heterocycles. The maximum absolute atomic E-state index is 13.7. The minimum atomic E-state index is -4.57. The summed E-state index contributed by atoms with van der Waals surface area (Å²) in [6.07, 6.45) is -4.57. The highest BCUT2D eigenvalue weighted by Gasteiger charge is 2.31. The van der Waals surface area contributed by atoms with E-state index in [0.717, 1.165) is 6.07 Å². The van der Waals surface area contributed by atoms with Crippen LogP contribution in [0.5, 0.6) is 0 Å². The third-order valence-corrected chi connectivity index (χ3v) is 3.79. The average molecular weight is 344 g/mol. The van der Waals surface area contributed by atoms with Gasteiger partial charge in [-0.1, -0.05) is 34.8 Å². The molecule has 0 aromatic heterocycles. The van der Waals surface area contributed by atoms with Crippen LogP contribution in [0.1, 0.15) is 5.56 Å². The van der Waals surface area contributed by atoms with Crippen molar-refractivity contribution in [1.82, 2.24) is 0 Å². The third kappa shape index (κ3) is 3.03. The summed E-state index contributed by atoms with van der Waals surface area (Å²) in [6, 6.07) is 4.63. The van der Waals surface area contributed by atoms with E-state index >= 15 is 0 Å². The molecule has 0 amide bonds. The van der Waals surface area contributed by atoms with E-state index in [1.54, 1.807) is 0 Å². The first kappa shape index (κ1) is 15.4. The van der Waals surface area contributed by atoms with Gasteiger partial charge in [-0.05, 0) is 35.9 Å². The molecule has 0 bridgehead atoms. The molecule has 0 fully saturated rings. The summed E-state index contributed by atoms with van der Waals surface area (Å²) >= 11 is 17.3. The highest BCUT2D eigenvalue weighted by molar-refractivity contribution is 6.48. The molecule has 0 aliphatic rings. The van der Waals surface area contributed by atoms with Crippen molar-refractivity contribution < 1.29 is 17.6 Å². The number of halogens is 7. The number of alkyl halides is 3. The van der Waals surface area contributed by atoms with Gasteiger partial charge in [-0.25, -0.2) is 4.39 Å². The van der Waals surface area contributed by atoms with Crippen LogP contribution < -0.4 is 0 Å². The highest BCUT2D eigenvalue weighted by atomic mass is 35.5. The van der Waals surface area contributed by atoms with E-state index in [0.29, 0.717) is 12.1 Å². The number of hydrogen-bond acceptors (Lipinski definition) is 0. The molecule has 0 atom stereocenters. The van der Waals surface area contributed by atoms with E-state index in [4.69, 9.17) is 34.8 Å². The van der Waals surface area contributed by atoms with Crippen LogP contribution in [-0.2, 0) is 6.18 Å². The van der Waals surface area contributed by atoms with E-state index in [9.17, 15) is 17.6 Å². The van der Waals surface area contributed by atoms with Crippen LogP contribution in [0.3, 0.4) is 0 Å². The van der Waals surface area contributed by atoms with E-state index in [2.05, 4.69) is 0 Å². The second-order valence-electron chi connectivity index (χ2n) is 3.95. The fraction of sp³-hybridized carbons (Fsp3) is 0.0769. The van der Waals surface area contributed by atoms with Gasteiger partial charge in [-0.15, -0.1) is 0 Å². The molecular formula is C13H5Cl3F4. The van der Waals surface area contributed by atoms with Crippen LogP contribution >= 0.6 is 34.8 Å². The van der Waals surface area contributed by atoms with Crippen molar-refractivity contribution in [1.29, 1.82) is 0 Å². The van der Waals surface area contributed by atoms with Crippen molar-refractivity contribution in [3.8, 4) is 11.1 Å². The smallest absolute Gasteiger partial charge is 0.206 e. The van der Waals surface area contributed by atoms with Crippen LogP contribution in [0, 0.1) is 5.82 Å². The summed E-state index contributed by atoms with van der Waals surface area (Å²) in [7, 11) is 0. The van der Waals surface area contributed by atoms with E-state index in [-0.39, 0.29) is 26.2 Å². The number of rotatable bonds is 1. The van der Waals surface area contributed by atoms with Gasteiger partial charge < -0.3 is 0 Å². The molecule has 0 nitrogen and oxygen atoms in total. The lowest BCUT2D eigenvalue weighted by atomic mass is 10.0. The summed E-state index contributed by atoms with van der Waals surface area (Å²) in [6.45, 7) is 0. The molecule has 0 radical (unpaired) electrons. The Bertz CT molecular complexity index is 642. The zero-order chi connectivity index (χ0) is 15.1. The minimum absolute atomic E-state index is 0.0333. The van der Waals surface area contributed by atoms with E-state index in [1.807, 2.05) is 0 Å². The lowest BCUT2D eigenvalue weighted by Crippen LogP contribution is -2.05. The van der Waals surface area contributed by atoms with Gasteiger partial charge in [0.05, 0.1) is 20.6 Å². The quantitative estimate of drug-likeness (QED) is 0.411. The molecule has 2 aromatic rings. The third-order valence-electron chi connectivity index (χ3n) is 2.59. The van der Waals surface area contributed by atoms with Crippen molar-refractivity contribution in [2.24, 2.45) is 0 Å².